The zero-order valence-corrected chi connectivity index (χ0v) is 11.4. The first-order chi connectivity index (χ1) is 7.38. The second-order valence-corrected chi connectivity index (χ2v) is 7.08. The van der Waals surface area contributed by atoms with Crippen molar-refractivity contribution in [2.45, 2.75) is 71.5 Å². The van der Waals surface area contributed by atoms with Gasteiger partial charge < -0.3 is 5.73 Å². The lowest BCUT2D eigenvalue weighted by Crippen LogP contribution is -2.49. The van der Waals surface area contributed by atoms with Crippen LogP contribution < -0.4 is 5.73 Å². The zero-order valence-electron chi connectivity index (χ0n) is 11.4. The average Bonchev–Trinajstić information content (AvgIpc) is 2.41. The number of hydrogen-bond donors (Lipinski definition) is 1. The van der Waals surface area contributed by atoms with Gasteiger partial charge in [0, 0.05) is 24.7 Å². The fourth-order valence-electron chi connectivity index (χ4n) is 3.20. The van der Waals surface area contributed by atoms with Gasteiger partial charge in [0.1, 0.15) is 0 Å². The molecule has 2 aliphatic rings. The normalized spacial score (nSPS) is 37.7. The van der Waals surface area contributed by atoms with Gasteiger partial charge >= 0.3 is 0 Å². The first kappa shape index (κ1) is 12.4. The highest BCUT2D eigenvalue weighted by molar-refractivity contribution is 4.97. The molecule has 0 radical (unpaired) electrons. The van der Waals surface area contributed by atoms with Crippen LogP contribution in [0.4, 0.5) is 0 Å². The Hall–Kier alpha value is -0.0800. The van der Waals surface area contributed by atoms with Crippen molar-refractivity contribution < 1.29 is 0 Å². The summed E-state index contributed by atoms with van der Waals surface area (Å²) in [5, 5.41) is 0. The van der Waals surface area contributed by atoms with Gasteiger partial charge in [-0.1, -0.05) is 27.7 Å². The fraction of sp³-hybridized carbons (Fsp3) is 1.00. The van der Waals surface area contributed by atoms with Crippen molar-refractivity contribution >= 4 is 0 Å². The molecule has 2 heteroatoms. The summed E-state index contributed by atoms with van der Waals surface area (Å²) in [6.07, 6.45) is 5.23. The molecule has 3 atom stereocenters. The lowest BCUT2D eigenvalue weighted by molar-refractivity contribution is 0.0806. The summed E-state index contributed by atoms with van der Waals surface area (Å²) in [6, 6.07) is 2.05. The van der Waals surface area contributed by atoms with E-state index >= 15 is 0 Å². The number of hydrogen-bond acceptors (Lipinski definition) is 2. The predicted molar refractivity (Wildman–Crippen MR) is 69.3 cm³/mol. The molecule has 2 N–H and O–H groups in total. The molecule has 2 aliphatic heterocycles. The highest BCUT2D eigenvalue weighted by atomic mass is 15.2. The van der Waals surface area contributed by atoms with E-state index in [1.165, 1.54) is 32.2 Å². The van der Waals surface area contributed by atoms with E-state index in [1.807, 2.05) is 0 Å². The predicted octanol–water partition coefficient (Wildman–Crippen LogP) is 2.62. The minimum absolute atomic E-state index is 0.430. The van der Waals surface area contributed by atoms with E-state index in [2.05, 4.69) is 32.6 Å². The Morgan fingerprint density at radius 3 is 2.12 bits per heavy atom. The molecule has 0 spiro atoms. The molecule has 0 aliphatic carbocycles. The summed E-state index contributed by atoms with van der Waals surface area (Å²) in [7, 11) is 0. The summed E-state index contributed by atoms with van der Waals surface area (Å²) in [5.41, 5.74) is 6.54. The van der Waals surface area contributed by atoms with Crippen LogP contribution in [0.2, 0.25) is 0 Å². The lowest BCUT2D eigenvalue weighted by Gasteiger charge is -2.41. The highest BCUT2D eigenvalue weighted by Crippen LogP contribution is 2.37. The second kappa shape index (κ2) is 4.30. The van der Waals surface area contributed by atoms with Gasteiger partial charge in [0.05, 0.1) is 0 Å². The van der Waals surface area contributed by atoms with Crippen LogP contribution in [0, 0.1) is 11.3 Å². The van der Waals surface area contributed by atoms with Gasteiger partial charge in [-0.3, -0.25) is 4.90 Å². The van der Waals surface area contributed by atoms with Crippen LogP contribution in [0.15, 0.2) is 0 Å². The molecule has 0 saturated carbocycles. The van der Waals surface area contributed by atoms with Gasteiger partial charge in [-0.05, 0) is 37.0 Å². The monoisotopic (exact) mass is 224 g/mol. The molecule has 2 fully saturated rings. The third kappa shape index (κ3) is 2.43. The van der Waals surface area contributed by atoms with Crippen LogP contribution in [0.1, 0.15) is 53.4 Å². The zero-order chi connectivity index (χ0) is 11.9. The van der Waals surface area contributed by atoms with Gasteiger partial charge in [0.2, 0.25) is 0 Å². The van der Waals surface area contributed by atoms with Gasteiger partial charge in [0.25, 0.3) is 0 Å². The molecule has 16 heavy (non-hydrogen) atoms. The second-order valence-electron chi connectivity index (χ2n) is 7.08. The Morgan fingerprint density at radius 2 is 1.69 bits per heavy atom. The van der Waals surface area contributed by atoms with Crippen LogP contribution in [0.25, 0.3) is 0 Å². The fourth-order valence-corrected chi connectivity index (χ4v) is 3.20. The third-order valence-corrected chi connectivity index (χ3v) is 4.88. The number of nitrogens with zero attached hydrogens (tertiary/aromatic N) is 1. The van der Waals surface area contributed by atoms with E-state index in [0.717, 1.165) is 18.0 Å². The summed E-state index contributed by atoms with van der Waals surface area (Å²) in [5.74, 6) is 0.768. The van der Waals surface area contributed by atoms with E-state index in [1.54, 1.807) is 0 Å². The van der Waals surface area contributed by atoms with Gasteiger partial charge in [-0.2, -0.15) is 0 Å². The first-order valence-corrected chi connectivity index (χ1v) is 6.89. The van der Waals surface area contributed by atoms with E-state index in [9.17, 15) is 0 Å². The van der Waals surface area contributed by atoms with E-state index in [-0.39, 0.29) is 0 Å². The van der Waals surface area contributed by atoms with Crippen LogP contribution in [-0.4, -0.2) is 29.6 Å². The van der Waals surface area contributed by atoms with E-state index < -0.39 is 0 Å². The molecule has 2 heterocycles. The molecule has 2 nitrogen and oxygen atoms in total. The Balaban J connectivity index is 1.96. The minimum atomic E-state index is 0.430. The molecule has 94 valence electrons. The molecule has 0 aromatic heterocycles. The van der Waals surface area contributed by atoms with Gasteiger partial charge in [-0.15, -0.1) is 0 Å². The average molecular weight is 224 g/mol. The largest absolute Gasteiger partial charge is 0.328 e. The van der Waals surface area contributed by atoms with Crippen LogP contribution in [0.5, 0.6) is 0 Å². The molecule has 2 bridgehead atoms. The van der Waals surface area contributed by atoms with Crippen molar-refractivity contribution in [3.8, 4) is 0 Å². The van der Waals surface area contributed by atoms with Crippen LogP contribution >= 0.6 is 0 Å². The van der Waals surface area contributed by atoms with Crippen LogP contribution in [-0.2, 0) is 0 Å². The van der Waals surface area contributed by atoms with Crippen molar-refractivity contribution in [2.24, 2.45) is 17.1 Å². The van der Waals surface area contributed by atoms with Gasteiger partial charge in [-0.25, -0.2) is 0 Å². The standard InChI is InChI=1S/C14H28N2/c1-10(14(2,3)4)9-16-12-5-6-13(16)8-11(15)7-12/h10-13H,5-9,15H2,1-4H3. The number of rotatable bonds is 2. The molecular formula is C14H28N2. The number of piperidine rings is 1. The number of nitrogens with two attached hydrogens (primary N) is 1. The smallest absolute Gasteiger partial charge is 0.0114 e. The maximum absolute atomic E-state index is 6.11. The maximum atomic E-state index is 6.11. The maximum Gasteiger partial charge on any atom is 0.0114 e. The molecule has 3 unspecified atom stereocenters. The van der Waals surface area contributed by atoms with Gasteiger partial charge in [0.15, 0.2) is 0 Å². The summed E-state index contributed by atoms with van der Waals surface area (Å²) in [6.45, 7) is 10.7. The highest BCUT2D eigenvalue weighted by Gasteiger charge is 2.40. The molecule has 2 saturated heterocycles. The quantitative estimate of drug-likeness (QED) is 0.781. The topological polar surface area (TPSA) is 29.3 Å². The molecular weight excluding hydrogens is 196 g/mol. The molecule has 0 aromatic carbocycles. The Bertz CT molecular complexity index is 230. The molecule has 0 aromatic rings. The van der Waals surface area contributed by atoms with Crippen molar-refractivity contribution in [3.63, 3.8) is 0 Å². The van der Waals surface area contributed by atoms with E-state index in [4.69, 9.17) is 5.73 Å². The summed E-state index contributed by atoms with van der Waals surface area (Å²) >= 11 is 0. The van der Waals surface area contributed by atoms with Crippen molar-refractivity contribution in [2.75, 3.05) is 6.54 Å². The summed E-state index contributed by atoms with van der Waals surface area (Å²) in [4.78, 5) is 2.76. The molecule has 2 rings (SSSR count). The molecule has 0 amide bonds. The SMILES string of the molecule is CC(CN1C2CCC1CC(N)C2)C(C)(C)C. The third-order valence-electron chi connectivity index (χ3n) is 4.88. The lowest BCUT2D eigenvalue weighted by atomic mass is 9.81. The minimum Gasteiger partial charge on any atom is -0.328 e. The number of fused-ring (bicyclic) bond motifs is 2. The van der Waals surface area contributed by atoms with Crippen molar-refractivity contribution in [1.29, 1.82) is 0 Å². The Morgan fingerprint density at radius 1 is 1.19 bits per heavy atom. The van der Waals surface area contributed by atoms with Crippen LogP contribution in [0.3, 0.4) is 0 Å². The Kier molecular flexibility index (Phi) is 3.33. The van der Waals surface area contributed by atoms with Crippen molar-refractivity contribution in [1.82, 2.24) is 4.90 Å². The first-order valence-electron chi connectivity index (χ1n) is 6.89. The van der Waals surface area contributed by atoms with E-state index in [0.29, 0.717) is 11.5 Å². The summed E-state index contributed by atoms with van der Waals surface area (Å²) < 4.78 is 0. The van der Waals surface area contributed by atoms with Crippen molar-refractivity contribution in [3.05, 3.63) is 0 Å². The Labute approximate surface area is 101 Å².